The molecule has 7 heteroatoms. The van der Waals surface area contributed by atoms with Crippen molar-refractivity contribution in [1.82, 2.24) is 15.1 Å². The molecule has 1 atom stereocenters. The minimum absolute atomic E-state index is 0.0776. The number of benzene rings is 1. The zero-order valence-electron chi connectivity index (χ0n) is 14.9. The third-order valence-electron chi connectivity index (χ3n) is 4.77. The monoisotopic (exact) mass is 357 g/mol. The van der Waals surface area contributed by atoms with Crippen molar-refractivity contribution in [2.75, 3.05) is 25.5 Å². The number of nitrogens with one attached hydrogen (secondary N) is 1. The lowest BCUT2D eigenvalue weighted by Gasteiger charge is -2.26. The van der Waals surface area contributed by atoms with Crippen LogP contribution in [-0.2, 0) is 16.0 Å². The summed E-state index contributed by atoms with van der Waals surface area (Å²) in [6.07, 6.45) is 3.24. The van der Waals surface area contributed by atoms with E-state index in [4.69, 9.17) is 16.2 Å². The van der Waals surface area contributed by atoms with Gasteiger partial charge in [0.2, 0.25) is 5.91 Å². The maximum absolute atomic E-state index is 12.2. The fourth-order valence-corrected chi connectivity index (χ4v) is 3.23. The Labute approximate surface area is 153 Å². The van der Waals surface area contributed by atoms with E-state index in [0.717, 1.165) is 37.1 Å². The van der Waals surface area contributed by atoms with Crippen molar-refractivity contribution < 1.29 is 9.53 Å². The largest absolute Gasteiger partial charge is 0.384 e. The highest BCUT2D eigenvalue weighted by Gasteiger charge is 2.26. The number of aromatic nitrogens is 2. The van der Waals surface area contributed by atoms with Crippen LogP contribution in [0.4, 0.5) is 5.82 Å². The fraction of sp³-hybridized carbons (Fsp3) is 0.474. The molecule has 1 aromatic heterocycles. The summed E-state index contributed by atoms with van der Waals surface area (Å²) in [6.45, 7) is 1.96. The molecule has 1 fully saturated rings. The van der Waals surface area contributed by atoms with E-state index in [-0.39, 0.29) is 11.8 Å². The van der Waals surface area contributed by atoms with Gasteiger partial charge in [0.15, 0.2) is 0 Å². The van der Waals surface area contributed by atoms with Gasteiger partial charge in [0.1, 0.15) is 5.82 Å². The number of ether oxygens (including phenoxy) is 1. The molecule has 1 aliphatic heterocycles. The van der Waals surface area contributed by atoms with Crippen LogP contribution < -0.4 is 16.8 Å². The molecule has 0 bridgehead atoms. The SMILES string of the molecule is Nc1cc(CCCNC(=O)C(N)C2CCOCC2)nn1-c1ccccc1. The van der Waals surface area contributed by atoms with Gasteiger partial charge in [-0.15, -0.1) is 0 Å². The Morgan fingerprint density at radius 3 is 2.77 bits per heavy atom. The van der Waals surface area contributed by atoms with Gasteiger partial charge in [-0.05, 0) is 43.7 Å². The first kappa shape index (κ1) is 18.4. The van der Waals surface area contributed by atoms with E-state index in [1.54, 1.807) is 4.68 Å². The number of carbonyl (C=O) groups excluding carboxylic acids is 1. The Hall–Kier alpha value is -2.38. The van der Waals surface area contributed by atoms with Crippen molar-refractivity contribution in [3.63, 3.8) is 0 Å². The van der Waals surface area contributed by atoms with Crippen molar-refractivity contribution in [2.24, 2.45) is 11.7 Å². The lowest BCUT2D eigenvalue weighted by molar-refractivity contribution is -0.124. The maximum atomic E-state index is 12.2. The van der Waals surface area contributed by atoms with Crippen LogP contribution in [-0.4, -0.2) is 41.5 Å². The van der Waals surface area contributed by atoms with Crippen LogP contribution in [0.1, 0.15) is 25.0 Å². The normalized spacial score (nSPS) is 16.3. The van der Waals surface area contributed by atoms with Crippen LogP contribution in [0.25, 0.3) is 5.69 Å². The highest BCUT2D eigenvalue weighted by molar-refractivity contribution is 5.81. The molecule has 1 unspecified atom stereocenters. The maximum Gasteiger partial charge on any atom is 0.237 e. The Kier molecular flexibility index (Phi) is 6.25. The number of carbonyl (C=O) groups is 1. The summed E-state index contributed by atoms with van der Waals surface area (Å²) in [7, 11) is 0. The molecule has 26 heavy (non-hydrogen) atoms. The van der Waals surface area contributed by atoms with Crippen molar-refractivity contribution in [3.05, 3.63) is 42.1 Å². The first-order valence-corrected chi connectivity index (χ1v) is 9.16. The van der Waals surface area contributed by atoms with Crippen molar-refractivity contribution in [2.45, 2.75) is 31.7 Å². The predicted molar refractivity (Wildman–Crippen MR) is 101 cm³/mol. The van der Waals surface area contributed by atoms with E-state index < -0.39 is 6.04 Å². The van der Waals surface area contributed by atoms with Gasteiger partial charge in [0.25, 0.3) is 0 Å². The molecule has 5 N–H and O–H groups in total. The van der Waals surface area contributed by atoms with Gasteiger partial charge in [0, 0.05) is 25.8 Å². The molecule has 2 heterocycles. The smallest absolute Gasteiger partial charge is 0.237 e. The molecule has 140 valence electrons. The molecule has 1 aliphatic rings. The Bertz CT molecular complexity index is 710. The number of para-hydroxylation sites is 1. The molecule has 1 saturated heterocycles. The van der Waals surface area contributed by atoms with E-state index >= 15 is 0 Å². The average molecular weight is 357 g/mol. The summed E-state index contributed by atoms with van der Waals surface area (Å²) < 4.78 is 7.05. The van der Waals surface area contributed by atoms with Gasteiger partial charge in [-0.1, -0.05) is 18.2 Å². The van der Waals surface area contributed by atoms with Gasteiger partial charge in [-0.25, -0.2) is 4.68 Å². The molecule has 0 radical (unpaired) electrons. The summed E-state index contributed by atoms with van der Waals surface area (Å²) in [5.41, 5.74) is 14.0. The van der Waals surface area contributed by atoms with Crippen molar-refractivity contribution in [3.8, 4) is 5.69 Å². The second kappa shape index (κ2) is 8.82. The summed E-state index contributed by atoms with van der Waals surface area (Å²) in [4.78, 5) is 12.2. The molecule has 0 saturated carbocycles. The third kappa shape index (κ3) is 4.62. The molecule has 0 aliphatic carbocycles. The fourth-order valence-electron chi connectivity index (χ4n) is 3.23. The summed E-state index contributed by atoms with van der Waals surface area (Å²) in [5, 5.41) is 7.48. The number of nitrogens with zero attached hydrogens (tertiary/aromatic N) is 2. The Morgan fingerprint density at radius 2 is 2.04 bits per heavy atom. The second-order valence-electron chi connectivity index (χ2n) is 6.68. The van der Waals surface area contributed by atoms with Crippen LogP contribution in [0.3, 0.4) is 0 Å². The molecule has 1 amide bonds. The molecule has 1 aromatic carbocycles. The van der Waals surface area contributed by atoms with Crippen LogP contribution in [0, 0.1) is 5.92 Å². The number of rotatable bonds is 7. The number of hydrogen-bond acceptors (Lipinski definition) is 5. The third-order valence-corrected chi connectivity index (χ3v) is 4.77. The number of nitrogens with two attached hydrogens (primary N) is 2. The summed E-state index contributed by atoms with van der Waals surface area (Å²) in [5.74, 6) is 0.744. The first-order valence-electron chi connectivity index (χ1n) is 9.16. The van der Waals surface area contributed by atoms with Gasteiger partial charge in [-0.2, -0.15) is 5.10 Å². The highest BCUT2D eigenvalue weighted by atomic mass is 16.5. The van der Waals surface area contributed by atoms with Crippen LogP contribution >= 0.6 is 0 Å². The lowest BCUT2D eigenvalue weighted by atomic mass is 9.92. The predicted octanol–water partition coefficient (Wildman–Crippen LogP) is 1.26. The van der Waals surface area contributed by atoms with E-state index in [1.807, 2.05) is 36.4 Å². The number of anilines is 1. The van der Waals surface area contributed by atoms with Gasteiger partial charge >= 0.3 is 0 Å². The van der Waals surface area contributed by atoms with E-state index in [2.05, 4.69) is 10.4 Å². The van der Waals surface area contributed by atoms with Crippen molar-refractivity contribution >= 4 is 11.7 Å². The van der Waals surface area contributed by atoms with E-state index in [1.165, 1.54) is 0 Å². The molecule has 7 nitrogen and oxygen atoms in total. The van der Waals surface area contributed by atoms with E-state index in [9.17, 15) is 4.79 Å². The molecular weight excluding hydrogens is 330 g/mol. The van der Waals surface area contributed by atoms with E-state index in [0.29, 0.717) is 25.6 Å². The average Bonchev–Trinajstić information content (AvgIpc) is 3.06. The van der Waals surface area contributed by atoms with Crippen molar-refractivity contribution in [1.29, 1.82) is 0 Å². The second-order valence-corrected chi connectivity index (χ2v) is 6.68. The molecule has 0 spiro atoms. The van der Waals surface area contributed by atoms with Gasteiger partial charge in [0.05, 0.1) is 17.4 Å². The van der Waals surface area contributed by atoms with Crippen LogP contribution in [0.15, 0.2) is 36.4 Å². The summed E-state index contributed by atoms with van der Waals surface area (Å²) in [6, 6.07) is 11.2. The van der Waals surface area contributed by atoms with Gasteiger partial charge < -0.3 is 21.5 Å². The first-order chi connectivity index (χ1) is 12.6. The standard InChI is InChI=1S/C19H27N5O2/c20-17-13-15(23-24(17)16-6-2-1-3-7-16)5-4-10-22-19(25)18(21)14-8-11-26-12-9-14/h1-3,6-7,13-14,18H,4-5,8-12,20-21H2,(H,22,25). The number of hydrogen-bond donors (Lipinski definition) is 3. The molecule has 3 rings (SSSR count). The van der Waals surface area contributed by atoms with Gasteiger partial charge in [-0.3, -0.25) is 4.79 Å². The number of aryl methyl sites for hydroxylation is 1. The molecular formula is C19H27N5O2. The van der Waals surface area contributed by atoms with Crippen LogP contribution in [0.5, 0.6) is 0 Å². The Morgan fingerprint density at radius 1 is 1.31 bits per heavy atom. The number of nitrogen functional groups attached to an aromatic ring is 1. The lowest BCUT2D eigenvalue weighted by Crippen LogP contribution is -2.47. The quantitative estimate of drug-likeness (QED) is 0.647. The summed E-state index contributed by atoms with van der Waals surface area (Å²) >= 11 is 0. The van der Waals surface area contributed by atoms with Crippen LogP contribution in [0.2, 0.25) is 0 Å². The zero-order valence-corrected chi connectivity index (χ0v) is 14.9. The Balaban J connectivity index is 1.44. The zero-order chi connectivity index (χ0) is 18.4. The minimum Gasteiger partial charge on any atom is -0.384 e. The topological polar surface area (TPSA) is 108 Å². The molecule has 2 aromatic rings. The number of amides is 1. The highest BCUT2D eigenvalue weighted by Crippen LogP contribution is 2.18. The minimum atomic E-state index is -0.452.